The van der Waals surface area contributed by atoms with Crippen LogP contribution in [0.15, 0.2) is 0 Å². The summed E-state index contributed by atoms with van der Waals surface area (Å²) in [6.07, 6.45) is 0.165. The smallest absolute Gasteiger partial charge is 0.326 e. The molecule has 0 bridgehead atoms. The number of amides is 4. The highest BCUT2D eigenvalue weighted by Gasteiger charge is 2.18. The van der Waals surface area contributed by atoms with Crippen molar-refractivity contribution >= 4 is 18.0 Å². The molecular formula is C9H18N4O5. The first-order chi connectivity index (χ1) is 8.47. The van der Waals surface area contributed by atoms with Gasteiger partial charge in [-0.1, -0.05) is 0 Å². The molecule has 0 aliphatic carbocycles. The van der Waals surface area contributed by atoms with Crippen molar-refractivity contribution in [2.24, 2.45) is 5.73 Å². The minimum Gasteiger partial charge on any atom is -0.480 e. The summed E-state index contributed by atoms with van der Waals surface area (Å²) in [6, 6.07) is -2.35. The average Bonchev–Trinajstić information content (AvgIpc) is 2.29. The van der Waals surface area contributed by atoms with E-state index in [-0.39, 0.29) is 26.1 Å². The Hall–Kier alpha value is -2.03. The Bertz CT molecular complexity index is 297. The number of urea groups is 2. The molecule has 0 aliphatic heterocycles. The van der Waals surface area contributed by atoms with Gasteiger partial charge in [0.15, 0.2) is 0 Å². The number of carboxylic acids is 1. The number of carbonyl (C=O) groups excluding carboxylic acids is 2. The van der Waals surface area contributed by atoms with Crippen molar-refractivity contribution in [1.29, 1.82) is 0 Å². The Morgan fingerprint density at radius 3 is 2.39 bits per heavy atom. The van der Waals surface area contributed by atoms with Crippen LogP contribution in [0.3, 0.4) is 0 Å². The van der Waals surface area contributed by atoms with Crippen molar-refractivity contribution in [3.05, 3.63) is 0 Å². The molecule has 0 fully saturated rings. The van der Waals surface area contributed by atoms with Gasteiger partial charge in [-0.2, -0.15) is 0 Å². The number of methoxy groups -OCH3 is 1. The lowest BCUT2D eigenvalue weighted by atomic mass is 10.2. The molecule has 9 nitrogen and oxygen atoms in total. The number of rotatable bonds is 8. The quantitative estimate of drug-likeness (QED) is 0.336. The molecule has 0 aromatic rings. The van der Waals surface area contributed by atoms with E-state index >= 15 is 0 Å². The van der Waals surface area contributed by atoms with Gasteiger partial charge in [0, 0.05) is 33.2 Å². The van der Waals surface area contributed by atoms with Crippen LogP contribution in [0.5, 0.6) is 0 Å². The lowest BCUT2D eigenvalue weighted by Crippen LogP contribution is -2.48. The Balaban J connectivity index is 3.87. The highest BCUT2D eigenvalue weighted by Crippen LogP contribution is 1.92. The van der Waals surface area contributed by atoms with Crippen LogP contribution in [-0.4, -0.2) is 56.0 Å². The number of ether oxygens (including phenoxy) is 1. The predicted molar refractivity (Wildman–Crippen MR) is 62.0 cm³/mol. The molecule has 18 heavy (non-hydrogen) atoms. The second kappa shape index (κ2) is 9.05. The van der Waals surface area contributed by atoms with Crippen molar-refractivity contribution < 1.29 is 24.2 Å². The zero-order valence-corrected chi connectivity index (χ0v) is 10.1. The highest BCUT2D eigenvalue weighted by molar-refractivity contribution is 5.82. The first-order valence-electron chi connectivity index (χ1n) is 5.26. The third kappa shape index (κ3) is 8.16. The van der Waals surface area contributed by atoms with Crippen LogP contribution >= 0.6 is 0 Å². The lowest BCUT2D eigenvalue weighted by molar-refractivity contribution is -0.139. The number of carboxylic acid groups (broad SMARTS) is 1. The molecule has 1 unspecified atom stereocenters. The van der Waals surface area contributed by atoms with Crippen molar-refractivity contribution in [3.63, 3.8) is 0 Å². The summed E-state index contributed by atoms with van der Waals surface area (Å²) in [5, 5.41) is 15.7. The van der Waals surface area contributed by atoms with Crippen molar-refractivity contribution in [2.45, 2.75) is 12.5 Å². The zero-order chi connectivity index (χ0) is 14.0. The molecular weight excluding hydrogens is 244 g/mol. The number of nitrogens with one attached hydrogen (secondary N) is 3. The van der Waals surface area contributed by atoms with E-state index in [1.807, 2.05) is 0 Å². The molecule has 0 rings (SSSR count). The number of nitrogens with two attached hydrogens (primary N) is 1. The summed E-state index contributed by atoms with van der Waals surface area (Å²) in [7, 11) is 1.44. The van der Waals surface area contributed by atoms with E-state index in [1.165, 1.54) is 7.11 Å². The molecule has 0 aliphatic rings. The van der Waals surface area contributed by atoms with Crippen LogP contribution in [0.1, 0.15) is 6.42 Å². The normalized spacial score (nSPS) is 11.4. The average molecular weight is 262 g/mol. The number of carbonyl (C=O) groups is 3. The Labute approximate surface area is 104 Å². The number of primary amides is 1. The molecule has 0 aromatic carbocycles. The Morgan fingerprint density at radius 1 is 1.28 bits per heavy atom. The molecule has 6 N–H and O–H groups in total. The van der Waals surface area contributed by atoms with Gasteiger partial charge in [0.1, 0.15) is 6.04 Å². The van der Waals surface area contributed by atoms with Gasteiger partial charge in [-0.3, -0.25) is 0 Å². The van der Waals surface area contributed by atoms with Crippen LogP contribution in [0.25, 0.3) is 0 Å². The number of hydrogen-bond acceptors (Lipinski definition) is 4. The van der Waals surface area contributed by atoms with Gasteiger partial charge >= 0.3 is 18.0 Å². The van der Waals surface area contributed by atoms with E-state index in [0.29, 0.717) is 0 Å². The van der Waals surface area contributed by atoms with Crippen molar-refractivity contribution in [1.82, 2.24) is 16.0 Å². The zero-order valence-electron chi connectivity index (χ0n) is 10.1. The molecule has 0 spiro atoms. The monoisotopic (exact) mass is 262 g/mol. The highest BCUT2D eigenvalue weighted by atomic mass is 16.5. The van der Waals surface area contributed by atoms with Crippen LogP contribution in [-0.2, 0) is 9.53 Å². The third-order valence-corrected chi connectivity index (χ3v) is 1.92. The van der Waals surface area contributed by atoms with Gasteiger partial charge in [-0.05, 0) is 0 Å². The molecule has 0 heterocycles. The maximum Gasteiger partial charge on any atom is 0.326 e. The van der Waals surface area contributed by atoms with Gasteiger partial charge < -0.3 is 31.5 Å². The van der Waals surface area contributed by atoms with Crippen LogP contribution in [0.2, 0.25) is 0 Å². The fourth-order valence-corrected chi connectivity index (χ4v) is 1.06. The second-order valence-electron chi connectivity index (χ2n) is 3.36. The van der Waals surface area contributed by atoms with E-state index in [0.717, 1.165) is 0 Å². The topological polar surface area (TPSA) is 143 Å². The minimum atomic E-state index is -1.14. The Morgan fingerprint density at radius 2 is 1.89 bits per heavy atom. The second-order valence-corrected chi connectivity index (χ2v) is 3.36. The fourth-order valence-electron chi connectivity index (χ4n) is 1.06. The summed E-state index contributed by atoms with van der Waals surface area (Å²) < 4.78 is 4.73. The van der Waals surface area contributed by atoms with Crippen molar-refractivity contribution in [2.75, 3.05) is 26.8 Å². The summed E-state index contributed by atoms with van der Waals surface area (Å²) in [4.78, 5) is 32.4. The maximum atomic E-state index is 11.3. The SMILES string of the molecule is COCCC(NC(=O)NCCNC(N)=O)C(=O)O. The van der Waals surface area contributed by atoms with Crippen LogP contribution < -0.4 is 21.7 Å². The van der Waals surface area contributed by atoms with E-state index in [1.54, 1.807) is 0 Å². The van der Waals surface area contributed by atoms with E-state index < -0.39 is 24.1 Å². The van der Waals surface area contributed by atoms with Crippen LogP contribution in [0.4, 0.5) is 9.59 Å². The number of aliphatic carboxylic acids is 1. The van der Waals surface area contributed by atoms with Gasteiger partial charge in [0.25, 0.3) is 0 Å². The lowest BCUT2D eigenvalue weighted by Gasteiger charge is -2.14. The maximum absolute atomic E-state index is 11.3. The van der Waals surface area contributed by atoms with Gasteiger partial charge in [0.05, 0.1) is 0 Å². The fraction of sp³-hybridized carbons (Fsp3) is 0.667. The van der Waals surface area contributed by atoms with Crippen molar-refractivity contribution in [3.8, 4) is 0 Å². The minimum absolute atomic E-state index is 0.144. The Kier molecular flexibility index (Phi) is 8.03. The van der Waals surface area contributed by atoms with Gasteiger partial charge in [-0.15, -0.1) is 0 Å². The summed E-state index contributed by atoms with van der Waals surface area (Å²) in [5.74, 6) is -1.14. The first-order valence-corrected chi connectivity index (χ1v) is 5.26. The van der Waals surface area contributed by atoms with E-state index in [2.05, 4.69) is 16.0 Å². The summed E-state index contributed by atoms with van der Waals surface area (Å²) >= 11 is 0. The molecule has 0 radical (unpaired) electrons. The largest absolute Gasteiger partial charge is 0.480 e. The molecule has 0 saturated carbocycles. The first kappa shape index (κ1) is 16.0. The molecule has 1 atom stereocenters. The van der Waals surface area contributed by atoms with Gasteiger partial charge in [-0.25, -0.2) is 14.4 Å². The standard InChI is InChI=1S/C9H18N4O5/c1-18-5-2-6(7(14)15)13-9(17)12-4-3-11-8(10)16/h6H,2-5H2,1H3,(H,14,15)(H3,10,11,16)(H2,12,13,17). The molecule has 4 amide bonds. The summed E-state index contributed by atoms with van der Waals surface area (Å²) in [5.41, 5.74) is 4.81. The third-order valence-electron chi connectivity index (χ3n) is 1.92. The summed E-state index contributed by atoms with van der Waals surface area (Å²) in [6.45, 7) is 0.532. The molecule has 0 aromatic heterocycles. The van der Waals surface area contributed by atoms with E-state index in [4.69, 9.17) is 15.6 Å². The van der Waals surface area contributed by atoms with Crippen LogP contribution in [0, 0.1) is 0 Å². The molecule has 104 valence electrons. The molecule has 0 saturated heterocycles. The number of hydrogen-bond donors (Lipinski definition) is 5. The van der Waals surface area contributed by atoms with E-state index in [9.17, 15) is 14.4 Å². The molecule has 9 heteroatoms. The van der Waals surface area contributed by atoms with Gasteiger partial charge in [0.2, 0.25) is 0 Å². The predicted octanol–water partition coefficient (Wildman–Crippen LogP) is -1.56.